The van der Waals surface area contributed by atoms with E-state index in [9.17, 15) is 4.79 Å². The van der Waals surface area contributed by atoms with Crippen LogP contribution >= 0.6 is 0 Å². The van der Waals surface area contributed by atoms with Gasteiger partial charge in [-0.1, -0.05) is 12.1 Å². The molecule has 5 N–H and O–H groups in total. The van der Waals surface area contributed by atoms with Gasteiger partial charge in [-0.05, 0) is 30.7 Å². The number of carbonyl (C=O) groups is 1. The Morgan fingerprint density at radius 1 is 1.21 bits per heavy atom. The summed E-state index contributed by atoms with van der Waals surface area (Å²) in [6.07, 6.45) is 0.852. The lowest BCUT2D eigenvalue weighted by atomic mass is 10.1. The van der Waals surface area contributed by atoms with Gasteiger partial charge >= 0.3 is 0 Å². The first kappa shape index (κ1) is 10.7. The van der Waals surface area contributed by atoms with Crippen LogP contribution in [0.3, 0.4) is 0 Å². The van der Waals surface area contributed by atoms with E-state index in [1.54, 1.807) is 0 Å². The first-order chi connectivity index (χ1) is 6.76. The van der Waals surface area contributed by atoms with Crippen LogP contribution in [0.4, 0.5) is 5.69 Å². The lowest BCUT2D eigenvalue weighted by molar-refractivity contribution is -0.114. The fourth-order valence-corrected chi connectivity index (χ4v) is 1.13. The van der Waals surface area contributed by atoms with Crippen molar-refractivity contribution in [1.29, 1.82) is 0 Å². The molecule has 0 saturated carbocycles. The molecule has 0 fully saturated rings. The Bertz CT molecular complexity index is 295. The van der Waals surface area contributed by atoms with Gasteiger partial charge in [0.05, 0.1) is 6.54 Å². The second kappa shape index (κ2) is 5.36. The SMILES string of the molecule is NCCc1ccc(NC(=O)CN)cc1. The number of carbonyl (C=O) groups excluding carboxylic acids is 1. The van der Waals surface area contributed by atoms with Gasteiger partial charge in [-0.25, -0.2) is 0 Å². The predicted molar refractivity (Wildman–Crippen MR) is 56.9 cm³/mol. The number of nitrogens with two attached hydrogens (primary N) is 2. The van der Waals surface area contributed by atoms with E-state index in [0.29, 0.717) is 6.54 Å². The highest BCUT2D eigenvalue weighted by atomic mass is 16.1. The second-order valence-electron chi connectivity index (χ2n) is 2.99. The maximum Gasteiger partial charge on any atom is 0.238 e. The lowest BCUT2D eigenvalue weighted by Crippen LogP contribution is -2.21. The normalized spacial score (nSPS) is 9.86. The van der Waals surface area contributed by atoms with Crippen molar-refractivity contribution in [2.45, 2.75) is 6.42 Å². The zero-order valence-electron chi connectivity index (χ0n) is 7.99. The van der Waals surface area contributed by atoms with Crippen LogP contribution in [0.2, 0.25) is 0 Å². The number of hydrogen-bond donors (Lipinski definition) is 3. The minimum absolute atomic E-state index is 0.00452. The molecule has 0 radical (unpaired) electrons. The first-order valence-electron chi connectivity index (χ1n) is 4.55. The molecule has 4 heteroatoms. The fraction of sp³-hybridized carbons (Fsp3) is 0.300. The summed E-state index contributed by atoms with van der Waals surface area (Å²) >= 11 is 0. The van der Waals surface area contributed by atoms with Crippen molar-refractivity contribution in [1.82, 2.24) is 0 Å². The summed E-state index contributed by atoms with van der Waals surface area (Å²) < 4.78 is 0. The molecule has 0 atom stereocenters. The largest absolute Gasteiger partial charge is 0.330 e. The van der Waals surface area contributed by atoms with Gasteiger partial charge in [-0.15, -0.1) is 0 Å². The molecule has 0 aliphatic rings. The minimum Gasteiger partial charge on any atom is -0.330 e. The maximum absolute atomic E-state index is 10.9. The van der Waals surface area contributed by atoms with Crippen LogP contribution < -0.4 is 16.8 Å². The smallest absolute Gasteiger partial charge is 0.238 e. The molecule has 76 valence electrons. The zero-order chi connectivity index (χ0) is 10.4. The Kier molecular flexibility index (Phi) is 4.10. The van der Waals surface area contributed by atoms with Crippen LogP contribution in [-0.4, -0.2) is 19.0 Å². The third kappa shape index (κ3) is 3.16. The standard InChI is InChI=1S/C10H15N3O/c11-6-5-8-1-3-9(4-2-8)13-10(14)7-12/h1-4H,5-7,11-12H2,(H,13,14). The van der Waals surface area contributed by atoms with E-state index >= 15 is 0 Å². The van der Waals surface area contributed by atoms with E-state index in [2.05, 4.69) is 5.32 Å². The predicted octanol–water partition coefficient (Wildman–Crippen LogP) is 0.0850. The van der Waals surface area contributed by atoms with Gasteiger partial charge < -0.3 is 16.8 Å². The van der Waals surface area contributed by atoms with E-state index in [4.69, 9.17) is 11.5 Å². The topological polar surface area (TPSA) is 81.1 Å². The first-order valence-corrected chi connectivity index (χ1v) is 4.55. The average molecular weight is 193 g/mol. The summed E-state index contributed by atoms with van der Waals surface area (Å²) in [6, 6.07) is 7.58. The van der Waals surface area contributed by atoms with E-state index in [0.717, 1.165) is 12.1 Å². The van der Waals surface area contributed by atoms with Crippen LogP contribution in [0, 0.1) is 0 Å². The van der Waals surface area contributed by atoms with Crippen LogP contribution in [-0.2, 0) is 11.2 Å². The lowest BCUT2D eigenvalue weighted by Gasteiger charge is -2.04. The Hall–Kier alpha value is -1.39. The van der Waals surface area contributed by atoms with Gasteiger partial charge in [0, 0.05) is 5.69 Å². The van der Waals surface area contributed by atoms with E-state index in [1.165, 1.54) is 5.56 Å². The van der Waals surface area contributed by atoms with Gasteiger partial charge in [0.2, 0.25) is 5.91 Å². The summed E-state index contributed by atoms with van der Waals surface area (Å²) in [5.74, 6) is -0.184. The van der Waals surface area contributed by atoms with Crippen molar-refractivity contribution in [3.05, 3.63) is 29.8 Å². The Morgan fingerprint density at radius 2 is 1.86 bits per heavy atom. The van der Waals surface area contributed by atoms with E-state index in [1.807, 2.05) is 24.3 Å². The molecule has 0 saturated heterocycles. The number of rotatable bonds is 4. The van der Waals surface area contributed by atoms with Crippen LogP contribution in [0.5, 0.6) is 0 Å². The number of hydrogen-bond acceptors (Lipinski definition) is 3. The number of benzene rings is 1. The van der Waals surface area contributed by atoms with Crippen molar-refractivity contribution in [3.8, 4) is 0 Å². The average Bonchev–Trinajstić information content (AvgIpc) is 2.21. The van der Waals surface area contributed by atoms with Gasteiger partial charge in [0.15, 0.2) is 0 Å². The molecule has 14 heavy (non-hydrogen) atoms. The minimum atomic E-state index is -0.184. The monoisotopic (exact) mass is 193 g/mol. The van der Waals surface area contributed by atoms with E-state index in [-0.39, 0.29) is 12.5 Å². The van der Waals surface area contributed by atoms with Crippen LogP contribution in [0.1, 0.15) is 5.56 Å². The van der Waals surface area contributed by atoms with Crippen molar-refractivity contribution in [3.63, 3.8) is 0 Å². The quantitative estimate of drug-likeness (QED) is 0.633. The highest BCUT2D eigenvalue weighted by Crippen LogP contribution is 2.09. The molecule has 1 amide bonds. The van der Waals surface area contributed by atoms with Gasteiger partial charge in [0.25, 0.3) is 0 Å². The third-order valence-corrected chi connectivity index (χ3v) is 1.86. The molecule has 0 unspecified atom stereocenters. The molecular weight excluding hydrogens is 178 g/mol. The molecule has 0 spiro atoms. The van der Waals surface area contributed by atoms with Crippen LogP contribution in [0.15, 0.2) is 24.3 Å². The van der Waals surface area contributed by atoms with Gasteiger partial charge in [0.1, 0.15) is 0 Å². The Morgan fingerprint density at radius 3 is 2.36 bits per heavy atom. The van der Waals surface area contributed by atoms with Crippen LogP contribution in [0.25, 0.3) is 0 Å². The molecule has 4 nitrogen and oxygen atoms in total. The molecule has 0 aliphatic heterocycles. The third-order valence-electron chi connectivity index (χ3n) is 1.86. The maximum atomic E-state index is 10.9. The molecule has 0 aliphatic carbocycles. The van der Waals surface area contributed by atoms with Crippen molar-refractivity contribution >= 4 is 11.6 Å². The molecule has 1 rings (SSSR count). The summed E-state index contributed by atoms with van der Waals surface area (Å²) in [6.45, 7) is 0.638. The second-order valence-corrected chi connectivity index (χ2v) is 2.99. The van der Waals surface area contributed by atoms with Crippen molar-refractivity contribution in [2.75, 3.05) is 18.4 Å². The van der Waals surface area contributed by atoms with Gasteiger partial charge in [-0.3, -0.25) is 4.79 Å². The highest BCUT2D eigenvalue weighted by molar-refractivity contribution is 5.92. The van der Waals surface area contributed by atoms with E-state index < -0.39 is 0 Å². The van der Waals surface area contributed by atoms with Crippen molar-refractivity contribution < 1.29 is 4.79 Å². The Labute approximate surface area is 83.3 Å². The number of amides is 1. The molecule has 0 heterocycles. The molecule has 0 aromatic heterocycles. The summed E-state index contributed by atoms with van der Waals surface area (Å²) in [7, 11) is 0. The van der Waals surface area contributed by atoms with Crippen molar-refractivity contribution in [2.24, 2.45) is 11.5 Å². The molecule has 1 aromatic carbocycles. The molecular formula is C10H15N3O. The highest BCUT2D eigenvalue weighted by Gasteiger charge is 1.98. The number of nitrogens with one attached hydrogen (secondary N) is 1. The van der Waals surface area contributed by atoms with Gasteiger partial charge in [-0.2, -0.15) is 0 Å². The summed E-state index contributed by atoms with van der Waals surface area (Å²) in [5.41, 5.74) is 12.5. The zero-order valence-corrected chi connectivity index (χ0v) is 7.99. The number of anilines is 1. The molecule has 1 aromatic rings. The Balaban J connectivity index is 2.59. The molecule has 0 bridgehead atoms. The fourth-order valence-electron chi connectivity index (χ4n) is 1.13. The summed E-state index contributed by atoms with van der Waals surface area (Å²) in [4.78, 5) is 10.9. The summed E-state index contributed by atoms with van der Waals surface area (Å²) in [5, 5.41) is 2.67.